The second-order valence-corrected chi connectivity index (χ2v) is 9.07. The van der Waals surface area contributed by atoms with E-state index < -0.39 is 0 Å². The van der Waals surface area contributed by atoms with Gasteiger partial charge in [0.15, 0.2) is 5.96 Å². The van der Waals surface area contributed by atoms with Crippen LogP contribution in [0.15, 0.2) is 4.99 Å². The molecule has 3 rings (SSSR count). The summed E-state index contributed by atoms with van der Waals surface area (Å²) in [5.41, 5.74) is 0. The number of nitrogens with one attached hydrogen (secondary N) is 1. The van der Waals surface area contributed by atoms with E-state index in [1.54, 1.807) is 19.0 Å². The van der Waals surface area contributed by atoms with Crippen LogP contribution < -0.4 is 5.32 Å². The lowest BCUT2D eigenvalue weighted by molar-refractivity contribution is -0.136. The Morgan fingerprint density at radius 1 is 0.969 bits per heavy atom. The van der Waals surface area contributed by atoms with Crippen LogP contribution in [0.4, 0.5) is 0 Å². The molecule has 3 aliphatic rings. The van der Waals surface area contributed by atoms with Gasteiger partial charge in [0.05, 0.1) is 19.8 Å². The molecule has 2 saturated heterocycles. The molecule has 0 bridgehead atoms. The van der Waals surface area contributed by atoms with Crippen molar-refractivity contribution in [2.75, 3.05) is 86.2 Å². The first kappa shape index (κ1) is 27.1. The number of carbonyl (C=O) groups excluding carboxylic acids is 2. The van der Waals surface area contributed by atoms with Gasteiger partial charge in [-0.1, -0.05) is 19.3 Å². The Morgan fingerprint density at radius 2 is 1.62 bits per heavy atom. The lowest BCUT2D eigenvalue weighted by Gasteiger charge is -2.38. The van der Waals surface area contributed by atoms with Crippen molar-refractivity contribution in [1.82, 2.24) is 24.9 Å². The summed E-state index contributed by atoms with van der Waals surface area (Å²) in [5.74, 6) is 1.72. The first-order valence-corrected chi connectivity index (χ1v) is 11.8. The molecule has 0 atom stereocenters. The van der Waals surface area contributed by atoms with Gasteiger partial charge in [0.25, 0.3) is 0 Å². The van der Waals surface area contributed by atoms with Gasteiger partial charge in [-0.3, -0.25) is 14.5 Å². The number of hydrogen-bond donors (Lipinski definition) is 1. The monoisotopic (exact) mass is 564 g/mol. The SMILES string of the molecule is CN(C)C(=O)CN=C(NCC1CCCCC1)N1CCN(CC(=O)N2CCOCC2)CC1.I. The van der Waals surface area contributed by atoms with Crippen molar-refractivity contribution in [3.05, 3.63) is 0 Å². The van der Waals surface area contributed by atoms with Crippen molar-refractivity contribution < 1.29 is 14.3 Å². The molecule has 1 aliphatic carbocycles. The van der Waals surface area contributed by atoms with E-state index in [4.69, 9.17) is 4.74 Å². The molecule has 0 spiro atoms. The average Bonchev–Trinajstić information content (AvgIpc) is 2.80. The van der Waals surface area contributed by atoms with Crippen LogP contribution in [-0.2, 0) is 14.3 Å². The number of likely N-dealkylation sites (N-methyl/N-ethyl adjacent to an activating group) is 1. The first-order valence-electron chi connectivity index (χ1n) is 11.8. The van der Waals surface area contributed by atoms with E-state index in [1.165, 1.54) is 32.1 Å². The van der Waals surface area contributed by atoms with Crippen LogP contribution >= 0.6 is 24.0 Å². The lowest BCUT2D eigenvalue weighted by Crippen LogP contribution is -2.55. The molecule has 9 nitrogen and oxygen atoms in total. The summed E-state index contributed by atoms with van der Waals surface area (Å²) in [5, 5.41) is 3.56. The highest BCUT2D eigenvalue weighted by atomic mass is 127. The smallest absolute Gasteiger partial charge is 0.243 e. The Morgan fingerprint density at radius 3 is 2.25 bits per heavy atom. The minimum atomic E-state index is 0. The number of ether oxygens (including phenoxy) is 1. The summed E-state index contributed by atoms with van der Waals surface area (Å²) in [6.45, 7) is 7.47. The molecule has 0 aromatic heterocycles. The number of morpholine rings is 1. The number of amides is 2. The second kappa shape index (κ2) is 14.2. The molecule has 2 heterocycles. The van der Waals surface area contributed by atoms with Crippen molar-refractivity contribution in [3.63, 3.8) is 0 Å². The Labute approximate surface area is 209 Å². The molecule has 0 radical (unpaired) electrons. The molecule has 10 heteroatoms. The fraction of sp³-hybridized carbons (Fsp3) is 0.864. The molecule has 1 saturated carbocycles. The number of rotatable bonds is 6. The number of halogens is 1. The van der Waals surface area contributed by atoms with E-state index in [2.05, 4.69) is 20.1 Å². The summed E-state index contributed by atoms with van der Waals surface area (Å²) >= 11 is 0. The van der Waals surface area contributed by atoms with Gasteiger partial charge < -0.3 is 24.8 Å². The van der Waals surface area contributed by atoms with Gasteiger partial charge in [0.1, 0.15) is 6.54 Å². The van der Waals surface area contributed by atoms with Crippen LogP contribution in [0.3, 0.4) is 0 Å². The molecule has 184 valence electrons. The fourth-order valence-corrected chi connectivity index (χ4v) is 4.40. The van der Waals surface area contributed by atoms with E-state index >= 15 is 0 Å². The zero-order valence-electron chi connectivity index (χ0n) is 19.8. The minimum absolute atomic E-state index is 0. The maximum absolute atomic E-state index is 12.5. The topological polar surface area (TPSA) is 80.7 Å². The molecule has 32 heavy (non-hydrogen) atoms. The molecule has 2 aliphatic heterocycles. The van der Waals surface area contributed by atoms with Crippen LogP contribution in [0.5, 0.6) is 0 Å². The van der Waals surface area contributed by atoms with E-state index in [0.717, 1.165) is 38.7 Å². The largest absolute Gasteiger partial charge is 0.378 e. The van der Waals surface area contributed by atoms with Crippen molar-refractivity contribution in [1.29, 1.82) is 0 Å². The number of hydrogen-bond acceptors (Lipinski definition) is 5. The standard InChI is InChI=1S/C22H40N6O3.HI/c1-25(2)20(29)17-24-22(23-16-19-6-4-3-5-7-19)28-10-8-26(9-11-28)18-21(30)27-12-14-31-15-13-27;/h19H,3-18H2,1-2H3,(H,23,24);1H. The second-order valence-electron chi connectivity index (χ2n) is 9.07. The number of piperazine rings is 1. The third-order valence-corrected chi connectivity index (χ3v) is 6.53. The van der Waals surface area contributed by atoms with E-state index in [0.29, 0.717) is 38.8 Å². The van der Waals surface area contributed by atoms with Crippen LogP contribution in [0.2, 0.25) is 0 Å². The summed E-state index contributed by atoms with van der Waals surface area (Å²) in [6, 6.07) is 0. The van der Waals surface area contributed by atoms with Crippen LogP contribution in [0.1, 0.15) is 32.1 Å². The Kier molecular flexibility index (Phi) is 12.0. The van der Waals surface area contributed by atoms with Crippen molar-refractivity contribution in [2.45, 2.75) is 32.1 Å². The van der Waals surface area contributed by atoms with Crippen LogP contribution in [-0.4, -0.2) is 124 Å². The third kappa shape index (κ3) is 8.66. The lowest BCUT2D eigenvalue weighted by atomic mass is 9.89. The number of carbonyl (C=O) groups is 2. The molecule has 1 N–H and O–H groups in total. The predicted molar refractivity (Wildman–Crippen MR) is 136 cm³/mol. The first-order chi connectivity index (χ1) is 15.0. The maximum Gasteiger partial charge on any atom is 0.243 e. The molecule has 3 fully saturated rings. The van der Waals surface area contributed by atoms with Gasteiger partial charge >= 0.3 is 0 Å². The van der Waals surface area contributed by atoms with Crippen molar-refractivity contribution in [2.24, 2.45) is 10.9 Å². The van der Waals surface area contributed by atoms with Gasteiger partial charge in [-0.25, -0.2) is 4.99 Å². The summed E-state index contributed by atoms with van der Waals surface area (Å²) in [4.78, 5) is 37.2. The Hall–Kier alpha value is -1.14. The van der Waals surface area contributed by atoms with Crippen LogP contribution in [0.25, 0.3) is 0 Å². The molecule has 0 aromatic rings. The Bertz CT molecular complexity index is 613. The normalized spacial score (nSPS) is 21.1. The highest BCUT2D eigenvalue weighted by Crippen LogP contribution is 2.22. The van der Waals surface area contributed by atoms with Crippen molar-refractivity contribution >= 4 is 41.8 Å². The quantitative estimate of drug-likeness (QED) is 0.291. The average molecular weight is 565 g/mol. The van der Waals surface area contributed by atoms with Gasteiger partial charge in [-0.05, 0) is 18.8 Å². The zero-order chi connectivity index (χ0) is 22.1. The number of aliphatic imine (C=N–C) groups is 1. The number of nitrogens with zero attached hydrogens (tertiary/aromatic N) is 5. The summed E-state index contributed by atoms with van der Waals surface area (Å²) in [6.07, 6.45) is 6.52. The molecule has 2 amide bonds. The number of guanidine groups is 1. The summed E-state index contributed by atoms with van der Waals surface area (Å²) in [7, 11) is 3.52. The predicted octanol–water partition coefficient (Wildman–Crippen LogP) is 0.695. The van der Waals surface area contributed by atoms with Gasteiger partial charge in [0.2, 0.25) is 11.8 Å². The molecule has 0 unspecified atom stereocenters. The molecular formula is C22H41IN6O3. The van der Waals surface area contributed by atoms with Gasteiger partial charge in [0, 0.05) is 59.9 Å². The molecular weight excluding hydrogens is 523 g/mol. The van der Waals surface area contributed by atoms with Crippen LogP contribution in [0, 0.1) is 5.92 Å². The van der Waals surface area contributed by atoms with Crippen molar-refractivity contribution in [3.8, 4) is 0 Å². The molecule has 0 aromatic carbocycles. The zero-order valence-corrected chi connectivity index (χ0v) is 22.1. The maximum atomic E-state index is 12.5. The highest BCUT2D eigenvalue weighted by molar-refractivity contribution is 14.0. The van der Waals surface area contributed by atoms with Gasteiger partial charge in [-0.2, -0.15) is 0 Å². The minimum Gasteiger partial charge on any atom is -0.378 e. The fourth-order valence-electron chi connectivity index (χ4n) is 4.40. The highest BCUT2D eigenvalue weighted by Gasteiger charge is 2.25. The third-order valence-electron chi connectivity index (χ3n) is 6.53. The summed E-state index contributed by atoms with van der Waals surface area (Å²) < 4.78 is 5.34. The van der Waals surface area contributed by atoms with E-state index in [1.807, 2.05) is 4.90 Å². The van der Waals surface area contributed by atoms with E-state index in [-0.39, 0.29) is 42.3 Å². The van der Waals surface area contributed by atoms with E-state index in [9.17, 15) is 9.59 Å². The van der Waals surface area contributed by atoms with Gasteiger partial charge in [-0.15, -0.1) is 24.0 Å². The Balaban J connectivity index is 0.00000363.